The Hall–Kier alpha value is -1.35. The summed E-state index contributed by atoms with van der Waals surface area (Å²) < 4.78 is 43.9. The van der Waals surface area contributed by atoms with Crippen LogP contribution in [0.15, 0.2) is 17.0 Å². The van der Waals surface area contributed by atoms with Gasteiger partial charge in [0.15, 0.2) is 11.5 Å². The molecule has 3 rings (SSSR count). The van der Waals surface area contributed by atoms with Gasteiger partial charge in [-0.1, -0.05) is 0 Å². The average molecular weight is 342 g/mol. The van der Waals surface area contributed by atoms with E-state index in [4.69, 9.17) is 14.2 Å². The minimum Gasteiger partial charge on any atom is -0.454 e. The van der Waals surface area contributed by atoms with Gasteiger partial charge in [0, 0.05) is 19.7 Å². The molecule has 128 valence electrons. The highest BCUT2D eigenvalue weighted by Gasteiger charge is 2.35. The second kappa shape index (κ2) is 6.27. The summed E-state index contributed by atoms with van der Waals surface area (Å²) in [6.07, 6.45) is 1.89. The van der Waals surface area contributed by atoms with Gasteiger partial charge in [-0.2, -0.15) is 0 Å². The molecular formula is C15H22N2O5S. The Balaban J connectivity index is 1.79. The van der Waals surface area contributed by atoms with Gasteiger partial charge in [0.25, 0.3) is 0 Å². The number of sulfonamides is 1. The summed E-state index contributed by atoms with van der Waals surface area (Å²) in [7, 11) is -2.01. The van der Waals surface area contributed by atoms with Gasteiger partial charge in [-0.3, -0.25) is 0 Å². The molecule has 1 fully saturated rings. The smallest absolute Gasteiger partial charge is 0.241 e. The first-order chi connectivity index (χ1) is 11.0. The molecule has 0 spiro atoms. The van der Waals surface area contributed by atoms with E-state index in [9.17, 15) is 8.42 Å². The van der Waals surface area contributed by atoms with E-state index in [1.54, 1.807) is 20.1 Å². The predicted octanol–water partition coefficient (Wildman–Crippen LogP) is 0.771. The summed E-state index contributed by atoms with van der Waals surface area (Å²) in [4.78, 5) is 0.215. The van der Waals surface area contributed by atoms with E-state index in [-0.39, 0.29) is 23.8 Å². The van der Waals surface area contributed by atoms with E-state index >= 15 is 0 Å². The fourth-order valence-corrected chi connectivity index (χ4v) is 4.46. The molecule has 8 heteroatoms. The Morgan fingerprint density at radius 2 is 2.09 bits per heavy atom. The Morgan fingerprint density at radius 3 is 2.74 bits per heavy atom. The molecule has 0 aliphatic carbocycles. The summed E-state index contributed by atoms with van der Waals surface area (Å²) >= 11 is 0. The summed E-state index contributed by atoms with van der Waals surface area (Å²) in [5, 5.41) is 3.35. The van der Waals surface area contributed by atoms with Crippen LogP contribution in [-0.4, -0.2) is 47.6 Å². The zero-order valence-electron chi connectivity index (χ0n) is 13.3. The van der Waals surface area contributed by atoms with Gasteiger partial charge in [0.05, 0.1) is 17.0 Å². The van der Waals surface area contributed by atoms with Crippen molar-refractivity contribution < 1.29 is 22.6 Å². The van der Waals surface area contributed by atoms with Gasteiger partial charge in [0.2, 0.25) is 16.8 Å². The van der Waals surface area contributed by atoms with Crippen molar-refractivity contribution in [3.05, 3.63) is 17.7 Å². The van der Waals surface area contributed by atoms with Crippen LogP contribution >= 0.6 is 0 Å². The minimum atomic E-state index is -3.64. The van der Waals surface area contributed by atoms with Crippen molar-refractivity contribution in [3.63, 3.8) is 0 Å². The summed E-state index contributed by atoms with van der Waals surface area (Å²) in [6, 6.07) is 3.21. The number of ether oxygens (including phenoxy) is 3. The average Bonchev–Trinajstić information content (AvgIpc) is 3.14. The molecule has 0 radical (unpaired) electrons. The second-order valence-electron chi connectivity index (χ2n) is 6.04. The first-order valence-corrected chi connectivity index (χ1v) is 9.08. The number of aryl methyl sites for hydroxylation is 1. The standard InChI is InChI=1S/C15H22N2O5S/c1-11-6-12-13(22-10-21-12)7-14(11)23(18,19)17-8-15(9-20-2)4-3-5-16-15/h6-7,16-17H,3-5,8-10H2,1-2H3. The van der Waals surface area contributed by atoms with Crippen LogP contribution in [0.4, 0.5) is 0 Å². The van der Waals surface area contributed by atoms with Crippen molar-refractivity contribution in [3.8, 4) is 11.5 Å². The molecule has 1 unspecified atom stereocenters. The van der Waals surface area contributed by atoms with Crippen LogP contribution in [0, 0.1) is 6.92 Å². The van der Waals surface area contributed by atoms with Gasteiger partial charge in [0.1, 0.15) is 0 Å². The quantitative estimate of drug-likeness (QED) is 0.794. The van der Waals surface area contributed by atoms with Crippen LogP contribution < -0.4 is 19.5 Å². The minimum absolute atomic E-state index is 0.118. The van der Waals surface area contributed by atoms with Gasteiger partial charge in [-0.15, -0.1) is 0 Å². The summed E-state index contributed by atoms with van der Waals surface area (Å²) in [5.41, 5.74) is 0.286. The van der Waals surface area contributed by atoms with Crippen molar-refractivity contribution in [2.75, 3.05) is 33.6 Å². The molecule has 0 amide bonds. The van der Waals surface area contributed by atoms with E-state index in [1.807, 2.05) is 0 Å². The van der Waals surface area contributed by atoms with Crippen LogP contribution in [0.3, 0.4) is 0 Å². The SMILES string of the molecule is COCC1(CNS(=O)(=O)c2cc3c(cc2C)OCO3)CCCN1. The molecule has 1 atom stereocenters. The lowest BCUT2D eigenvalue weighted by Crippen LogP contribution is -2.52. The first-order valence-electron chi connectivity index (χ1n) is 7.60. The van der Waals surface area contributed by atoms with Crippen molar-refractivity contribution in [1.82, 2.24) is 10.0 Å². The molecule has 1 aromatic carbocycles. The highest BCUT2D eigenvalue weighted by Crippen LogP contribution is 2.36. The normalized spacial score (nSPS) is 23.4. The Bertz CT molecular complexity index is 683. The fraction of sp³-hybridized carbons (Fsp3) is 0.600. The molecule has 23 heavy (non-hydrogen) atoms. The lowest BCUT2D eigenvalue weighted by molar-refractivity contribution is 0.122. The van der Waals surface area contributed by atoms with Gasteiger partial charge >= 0.3 is 0 Å². The van der Waals surface area contributed by atoms with Crippen molar-refractivity contribution in [2.24, 2.45) is 0 Å². The zero-order chi connectivity index (χ0) is 16.5. The van der Waals surface area contributed by atoms with Crippen molar-refractivity contribution >= 4 is 10.0 Å². The number of methoxy groups -OCH3 is 1. The molecule has 0 bridgehead atoms. The molecule has 7 nitrogen and oxygen atoms in total. The zero-order valence-corrected chi connectivity index (χ0v) is 14.2. The molecule has 0 saturated carbocycles. The molecule has 2 aliphatic rings. The third kappa shape index (κ3) is 3.30. The van der Waals surface area contributed by atoms with Crippen LogP contribution in [-0.2, 0) is 14.8 Å². The largest absolute Gasteiger partial charge is 0.454 e. The third-order valence-electron chi connectivity index (χ3n) is 4.31. The van der Waals surface area contributed by atoms with Crippen LogP contribution in [0.2, 0.25) is 0 Å². The highest BCUT2D eigenvalue weighted by molar-refractivity contribution is 7.89. The van der Waals surface area contributed by atoms with Crippen LogP contribution in [0.25, 0.3) is 0 Å². The van der Waals surface area contributed by atoms with E-state index in [0.29, 0.717) is 23.7 Å². The molecule has 0 aromatic heterocycles. The summed E-state index contributed by atoms with van der Waals surface area (Å²) in [6.45, 7) is 3.49. The number of rotatable bonds is 6. The predicted molar refractivity (Wildman–Crippen MR) is 84.3 cm³/mol. The molecule has 2 aliphatic heterocycles. The topological polar surface area (TPSA) is 85.9 Å². The lowest BCUT2D eigenvalue weighted by atomic mass is 9.99. The monoisotopic (exact) mass is 342 g/mol. The molecule has 2 N–H and O–H groups in total. The van der Waals surface area contributed by atoms with Crippen molar-refractivity contribution in [1.29, 1.82) is 0 Å². The van der Waals surface area contributed by atoms with E-state index in [0.717, 1.165) is 19.4 Å². The van der Waals surface area contributed by atoms with E-state index in [2.05, 4.69) is 10.0 Å². The number of hydrogen-bond acceptors (Lipinski definition) is 6. The first kappa shape index (κ1) is 16.5. The number of hydrogen-bond donors (Lipinski definition) is 2. The Morgan fingerprint density at radius 1 is 1.35 bits per heavy atom. The Labute approximate surface area is 136 Å². The second-order valence-corrected chi connectivity index (χ2v) is 7.77. The van der Waals surface area contributed by atoms with Crippen molar-refractivity contribution in [2.45, 2.75) is 30.2 Å². The fourth-order valence-electron chi connectivity index (χ4n) is 3.10. The van der Waals surface area contributed by atoms with Gasteiger partial charge < -0.3 is 19.5 Å². The molecular weight excluding hydrogens is 320 g/mol. The van der Waals surface area contributed by atoms with E-state index < -0.39 is 10.0 Å². The van der Waals surface area contributed by atoms with Crippen LogP contribution in [0.1, 0.15) is 18.4 Å². The summed E-state index contributed by atoms with van der Waals surface area (Å²) in [5.74, 6) is 1.04. The van der Waals surface area contributed by atoms with E-state index in [1.165, 1.54) is 6.07 Å². The van der Waals surface area contributed by atoms with Crippen LogP contribution in [0.5, 0.6) is 11.5 Å². The third-order valence-corrected chi connectivity index (χ3v) is 5.86. The number of nitrogens with one attached hydrogen (secondary N) is 2. The maximum Gasteiger partial charge on any atom is 0.241 e. The highest BCUT2D eigenvalue weighted by atomic mass is 32.2. The maximum absolute atomic E-state index is 12.7. The Kier molecular flexibility index (Phi) is 4.50. The molecule has 1 aromatic rings. The molecule has 2 heterocycles. The maximum atomic E-state index is 12.7. The van der Waals surface area contributed by atoms with Gasteiger partial charge in [-0.05, 0) is 37.9 Å². The molecule has 1 saturated heterocycles. The number of benzene rings is 1. The lowest BCUT2D eigenvalue weighted by Gasteiger charge is -2.29. The van der Waals surface area contributed by atoms with Gasteiger partial charge in [-0.25, -0.2) is 13.1 Å². The number of fused-ring (bicyclic) bond motifs is 1.